The Labute approximate surface area is 133 Å². The van der Waals surface area contributed by atoms with Crippen molar-refractivity contribution in [3.8, 4) is 0 Å². The Morgan fingerprint density at radius 2 is 1.43 bits per heavy atom. The van der Waals surface area contributed by atoms with Crippen LogP contribution in [0.1, 0.15) is 85.0 Å². The Kier molecular flexibility index (Phi) is 32.4. The zero-order chi connectivity index (χ0) is 16.8. The van der Waals surface area contributed by atoms with Crippen LogP contribution in [0.15, 0.2) is 25.3 Å². The molecule has 0 rings (SSSR count). The normalized spacial score (nSPS) is 8.57. The molecule has 0 amide bonds. The van der Waals surface area contributed by atoms with Crippen molar-refractivity contribution >= 4 is 5.97 Å². The van der Waals surface area contributed by atoms with Crippen LogP contribution in [0, 0.1) is 0 Å². The van der Waals surface area contributed by atoms with Gasteiger partial charge in [0.1, 0.15) is 0 Å². The third-order valence-corrected chi connectivity index (χ3v) is 2.72. The van der Waals surface area contributed by atoms with Crippen LogP contribution in [-0.2, 0) is 9.53 Å². The summed E-state index contributed by atoms with van der Waals surface area (Å²) in [7, 11) is 1.44. The van der Waals surface area contributed by atoms with Crippen molar-refractivity contribution in [3.05, 3.63) is 25.3 Å². The quantitative estimate of drug-likeness (QED) is 0.262. The third kappa shape index (κ3) is 38.1. The highest BCUT2D eigenvalue weighted by molar-refractivity contribution is 5.68. The maximum atomic E-state index is 10.6. The minimum absolute atomic E-state index is 0.0819. The Hall–Kier alpha value is -1.05. The molecule has 0 aliphatic rings. The number of carbonyl (C=O) groups is 1. The molecule has 0 N–H and O–H groups in total. The highest BCUT2D eigenvalue weighted by Crippen LogP contribution is 2.05. The molecule has 0 aromatic heterocycles. The van der Waals surface area contributed by atoms with E-state index in [1.807, 2.05) is 13.0 Å². The molecule has 0 unspecified atom stereocenters. The van der Waals surface area contributed by atoms with Crippen LogP contribution >= 0.6 is 0 Å². The molecular formula is C19H38O2. The predicted molar refractivity (Wildman–Crippen MR) is 95.6 cm³/mol. The van der Waals surface area contributed by atoms with E-state index in [1.54, 1.807) is 6.08 Å². The average molecular weight is 299 g/mol. The van der Waals surface area contributed by atoms with Crippen LogP contribution in [0.5, 0.6) is 0 Å². The molecule has 0 aliphatic heterocycles. The number of allylic oxidation sites excluding steroid dienone is 2. The van der Waals surface area contributed by atoms with Gasteiger partial charge in [0.05, 0.1) is 7.11 Å². The predicted octanol–water partition coefficient (Wildman–Crippen LogP) is 6.46. The van der Waals surface area contributed by atoms with Crippen LogP contribution in [0.2, 0.25) is 0 Å². The zero-order valence-electron chi connectivity index (χ0n) is 15.0. The maximum absolute atomic E-state index is 10.6. The second-order valence-electron chi connectivity index (χ2n) is 4.93. The van der Waals surface area contributed by atoms with Gasteiger partial charge in [-0.2, -0.15) is 0 Å². The van der Waals surface area contributed by atoms with E-state index in [-0.39, 0.29) is 5.97 Å². The first-order valence-corrected chi connectivity index (χ1v) is 8.39. The molecule has 126 valence electrons. The molecule has 0 aromatic rings. The first-order valence-electron chi connectivity index (χ1n) is 8.39. The highest BCUT2D eigenvalue weighted by Gasteiger charge is 1.97. The molecule has 2 nitrogen and oxygen atoms in total. The Bertz CT molecular complexity index is 210. The lowest BCUT2D eigenvalue weighted by Crippen LogP contribution is -1.98. The van der Waals surface area contributed by atoms with Crippen molar-refractivity contribution in [1.29, 1.82) is 0 Å². The Balaban J connectivity index is -0.000000277. The molecule has 0 aromatic carbocycles. The SMILES string of the molecule is C=CC.C=CCCCCC.CCCCCCCC(=O)OC. The lowest BCUT2D eigenvalue weighted by molar-refractivity contribution is -0.140. The summed E-state index contributed by atoms with van der Waals surface area (Å²) in [5, 5.41) is 0. The van der Waals surface area contributed by atoms with Gasteiger partial charge in [-0.15, -0.1) is 13.2 Å². The van der Waals surface area contributed by atoms with Gasteiger partial charge in [-0.1, -0.05) is 64.5 Å². The summed E-state index contributed by atoms with van der Waals surface area (Å²) in [6.45, 7) is 13.3. The molecule has 0 bridgehead atoms. The summed E-state index contributed by atoms with van der Waals surface area (Å²) < 4.78 is 4.52. The smallest absolute Gasteiger partial charge is 0.305 e. The van der Waals surface area contributed by atoms with E-state index in [1.165, 1.54) is 52.1 Å². The average Bonchev–Trinajstić information content (AvgIpc) is 2.49. The Morgan fingerprint density at radius 1 is 0.952 bits per heavy atom. The lowest BCUT2D eigenvalue weighted by atomic mass is 10.1. The zero-order valence-corrected chi connectivity index (χ0v) is 15.0. The largest absolute Gasteiger partial charge is 0.469 e. The van der Waals surface area contributed by atoms with Crippen LogP contribution in [-0.4, -0.2) is 13.1 Å². The van der Waals surface area contributed by atoms with Gasteiger partial charge in [-0.05, 0) is 26.2 Å². The molecule has 0 radical (unpaired) electrons. The van der Waals surface area contributed by atoms with Crippen molar-refractivity contribution in [3.63, 3.8) is 0 Å². The summed E-state index contributed by atoms with van der Waals surface area (Å²) in [5.41, 5.74) is 0. The van der Waals surface area contributed by atoms with E-state index in [0.29, 0.717) is 6.42 Å². The second-order valence-corrected chi connectivity index (χ2v) is 4.93. The number of hydrogen-bond donors (Lipinski definition) is 0. The topological polar surface area (TPSA) is 26.3 Å². The number of methoxy groups -OCH3 is 1. The fourth-order valence-electron chi connectivity index (χ4n) is 1.51. The van der Waals surface area contributed by atoms with Gasteiger partial charge in [-0.25, -0.2) is 0 Å². The molecule has 2 heteroatoms. The van der Waals surface area contributed by atoms with Gasteiger partial charge in [-0.3, -0.25) is 4.79 Å². The van der Waals surface area contributed by atoms with Gasteiger partial charge in [0, 0.05) is 6.42 Å². The van der Waals surface area contributed by atoms with Crippen molar-refractivity contribution in [2.45, 2.75) is 85.0 Å². The molecule has 21 heavy (non-hydrogen) atoms. The van der Waals surface area contributed by atoms with E-state index >= 15 is 0 Å². The van der Waals surface area contributed by atoms with Gasteiger partial charge >= 0.3 is 5.97 Å². The highest BCUT2D eigenvalue weighted by atomic mass is 16.5. The van der Waals surface area contributed by atoms with E-state index in [4.69, 9.17) is 0 Å². The summed E-state index contributed by atoms with van der Waals surface area (Å²) in [4.78, 5) is 10.6. The van der Waals surface area contributed by atoms with E-state index in [2.05, 4.69) is 31.7 Å². The van der Waals surface area contributed by atoms with Crippen LogP contribution in [0.3, 0.4) is 0 Å². The van der Waals surface area contributed by atoms with Crippen molar-refractivity contribution in [1.82, 2.24) is 0 Å². The molecular weight excluding hydrogens is 260 g/mol. The van der Waals surface area contributed by atoms with Crippen LogP contribution < -0.4 is 0 Å². The van der Waals surface area contributed by atoms with Crippen LogP contribution in [0.25, 0.3) is 0 Å². The fourth-order valence-corrected chi connectivity index (χ4v) is 1.51. The molecule has 0 saturated heterocycles. The number of hydrogen-bond acceptors (Lipinski definition) is 2. The maximum Gasteiger partial charge on any atom is 0.305 e. The number of ether oxygens (including phenoxy) is 1. The van der Waals surface area contributed by atoms with Gasteiger partial charge in [0.15, 0.2) is 0 Å². The molecule has 0 fully saturated rings. The second kappa shape index (κ2) is 27.3. The molecule has 0 spiro atoms. The fraction of sp³-hybridized carbons (Fsp3) is 0.737. The first kappa shape index (κ1) is 24.9. The van der Waals surface area contributed by atoms with Crippen molar-refractivity contribution < 1.29 is 9.53 Å². The van der Waals surface area contributed by atoms with Crippen LogP contribution in [0.4, 0.5) is 0 Å². The summed E-state index contributed by atoms with van der Waals surface area (Å²) >= 11 is 0. The molecule has 0 aliphatic carbocycles. The summed E-state index contributed by atoms with van der Waals surface area (Å²) in [5.74, 6) is -0.0819. The Morgan fingerprint density at radius 3 is 1.86 bits per heavy atom. The van der Waals surface area contributed by atoms with Gasteiger partial charge in [0.25, 0.3) is 0 Å². The molecule has 0 heterocycles. The standard InChI is InChI=1S/C9H18O2.C7H14.C3H6/c1-3-4-5-6-7-8-9(10)11-2;1-3-5-7-6-4-2;1-3-2/h3-8H2,1-2H3;3H,1,4-7H2,2H3;3H,1H2,2H3. The third-order valence-electron chi connectivity index (χ3n) is 2.72. The van der Waals surface area contributed by atoms with Crippen molar-refractivity contribution in [2.24, 2.45) is 0 Å². The minimum Gasteiger partial charge on any atom is -0.469 e. The summed E-state index contributed by atoms with van der Waals surface area (Å²) in [6.07, 6.45) is 15.4. The summed E-state index contributed by atoms with van der Waals surface area (Å²) in [6, 6.07) is 0. The molecule has 0 saturated carbocycles. The minimum atomic E-state index is -0.0819. The van der Waals surface area contributed by atoms with Gasteiger partial charge in [0.2, 0.25) is 0 Å². The van der Waals surface area contributed by atoms with E-state index < -0.39 is 0 Å². The number of esters is 1. The number of unbranched alkanes of at least 4 members (excludes halogenated alkanes) is 7. The number of rotatable bonds is 10. The molecule has 0 atom stereocenters. The van der Waals surface area contributed by atoms with Gasteiger partial charge < -0.3 is 4.74 Å². The van der Waals surface area contributed by atoms with Crippen molar-refractivity contribution in [2.75, 3.05) is 7.11 Å². The van der Waals surface area contributed by atoms with E-state index in [0.717, 1.165) is 12.8 Å². The number of carbonyl (C=O) groups excluding carboxylic acids is 1. The first-order chi connectivity index (χ1) is 10.1. The van der Waals surface area contributed by atoms with E-state index in [9.17, 15) is 4.79 Å². The lowest BCUT2D eigenvalue weighted by Gasteiger charge is -1.98. The monoisotopic (exact) mass is 298 g/mol.